The molecule has 0 aliphatic carbocycles. The summed E-state index contributed by atoms with van der Waals surface area (Å²) in [5.74, 6) is -0.974. The molecule has 53 heavy (non-hydrogen) atoms. The SMILES string of the molecule is CCn1c(-c2cccnc2[C@H](C)OC)c2c3cc(ccc31)-c1csc(n1)C[C@H](NC(=O)[C@@H](NC)C(C)C)C(=O)N1CCC[C@H](N1)C(=O)OCC(C)(C)C2. The Morgan fingerprint density at radius 3 is 2.72 bits per heavy atom. The number of amides is 2. The van der Waals surface area contributed by atoms with Crippen molar-refractivity contribution < 1.29 is 23.9 Å². The van der Waals surface area contributed by atoms with Crippen molar-refractivity contribution in [3.8, 4) is 22.5 Å². The lowest BCUT2D eigenvalue weighted by atomic mass is 9.84. The molecule has 3 aromatic heterocycles. The van der Waals surface area contributed by atoms with E-state index in [9.17, 15) is 14.4 Å². The van der Waals surface area contributed by atoms with Crippen LogP contribution in [0.1, 0.15) is 76.8 Å². The number of aromatic nitrogens is 3. The molecule has 1 saturated heterocycles. The summed E-state index contributed by atoms with van der Waals surface area (Å²) in [6.07, 6.45) is 3.55. The van der Waals surface area contributed by atoms with Gasteiger partial charge < -0.3 is 24.7 Å². The van der Waals surface area contributed by atoms with Gasteiger partial charge in [-0.3, -0.25) is 24.4 Å². The molecule has 4 atom stereocenters. The molecule has 0 radical (unpaired) electrons. The Bertz CT molecular complexity index is 1970. The summed E-state index contributed by atoms with van der Waals surface area (Å²) in [6, 6.07) is 8.44. The van der Waals surface area contributed by atoms with Crippen molar-refractivity contribution in [1.29, 1.82) is 0 Å². The number of ether oxygens (including phenoxy) is 2. The first-order valence-electron chi connectivity index (χ1n) is 18.7. The monoisotopic (exact) mass is 743 g/mol. The number of hydrogen-bond donors (Lipinski definition) is 3. The van der Waals surface area contributed by atoms with E-state index in [2.05, 4.69) is 65.7 Å². The number of aryl methyl sites for hydroxylation is 1. The first-order valence-corrected chi connectivity index (χ1v) is 19.5. The summed E-state index contributed by atoms with van der Waals surface area (Å²) in [5.41, 5.74) is 9.59. The fourth-order valence-electron chi connectivity index (χ4n) is 7.59. The number of likely N-dealkylation sites (N-methyl/N-ethyl adjacent to an activating group) is 1. The van der Waals surface area contributed by atoms with Gasteiger partial charge in [-0.15, -0.1) is 11.3 Å². The van der Waals surface area contributed by atoms with Gasteiger partial charge in [0.25, 0.3) is 5.91 Å². The van der Waals surface area contributed by atoms with Crippen molar-refractivity contribution in [3.63, 3.8) is 0 Å². The zero-order chi connectivity index (χ0) is 38.0. The van der Waals surface area contributed by atoms with Crippen molar-refractivity contribution in [3.05, 3.63) is 58.2 Å². The molecule has 3 N–H and O–H groups in total. The van der Waals surface area contributed by atoms with Gasteiger partial charge in [0, 0.05) is 65.6 Å². The number of hydrogen-bond acceptors (Lipinski definition) is 10. The summed E-state index contributed by atoms with van der Waals surface area (Å²) in [6.45, 7) is 13.6. The Hall–Kier alpha value is -4.17. The molecular formula is C40H53N7O5S. The number of nitrogens with zero attached hydrogens (tertiary/aromatic N) is 4. The molecule has 4 aromatic rings. The molecule has 1 aromatic carbocycles. The van der Waals surface area contributed by atoms with Crippen molar-refractivity contribution in [1.82, 2.24) is 35.6 Å². The third kappa shape index (κ3) is 8.03. The molecule has 0 spiro atoms. The zero-order valence-electron chi connectivity index (χ0n) is 32.1. The normalized spacial score (nSPS) is 20.6. The van der Waals surface area contributed by atoms with Gasteiger partial charge in [-0.2, -0.15) is 0 Å². The number of thiazole rings is 1. The average molecular weight is 744 g/mol. The first kappa shape index (κ1) is 38.6. The van der Waals surface area contributed by atoms with Crippen molar-refractivity contribution in [2.24, 2.45) is 11.3 Å². The molecule has 6 bridgehead atoms. The molecule has 5 heterocycles. The van der Waals surface area contributed by atoms with Crippen molar-refractivity contribution in [2.75, 3.05) is 27.3 Å². The van der Waals surface area contributed by atoms with E-state index in [1.54, 1.807) is 20.4 Å². The number of fused-ring (bicyclic) bond motifs is 6. The van der Waals surface area contributed by atoms with Crippen molar-refractivity contribution in [2.45, 2.75) is 98.0 Å². The Morgan fingerprint density at radius 2 is 2.00 bits per heavy atom. The number of benzene rings is 1. The Morgan fingerprint density at radius 1 is 1.21 bits per heavy atom. The predicted octanol–water partition coefficient (Wildman–Crippen LogP) is 5.45. The van der Waals surface area contributed by atoms with Crippen LogP contribution in [-0.2, 0) is 43.2 Å². The van der Waals surface area contributed by atoms with Crippen LogP contribution in [0, 0.1) is 11.3 Å². The zero-order valence-corrected chi connectivity index (χ0v) is 32.9. The smallest absolute Gasteiger partial charge is 0.324 e. The van der Waals surface area contributed by atoms with Crippen LogP contribution >= 0.6 is 11.3 Å². The summed E-state index contributed by atoms with van der Waals surface area (Å²) in [4.78, 5) is 51.1. The maximum atomic E-state index is 14.1. The summed E-state index contributed by atoms with van der Waals surface area (Å²) < 4.78 is 14.2. The fraction of sp³-hybridized carbons (Fsp3) is 0.525. The number of pyridine rings is 1. The van der Waals surface area contributed by atoms with Gasteiger partial charge >= 0.3 is 5.97 Å². The fourth-order valence-corrected chi connectivity index (χ4v) is 8.44. The molecule has 0 unspecified atom stereocenters. The quantitative estimate of drug-likeness (QED) is 0.201. The summed E-state index contributed by atoms with van der Waals surface area (Å²) in [5, 5.41) is 11.4. The Balaban J connectivity index is 1.49. The number of hydrazine groups is 1. The van der Waals surface area contributed by atoms with Crippen LogP contribution in [0.4, 0.5) is 0 Å². The number of esters is 1. The molecule has 2 amide bonds. The third-order valence-corrected chi connectivity index (χ3v) is 11.3. The van der Waals surface area contributed by atoms with E-state index >= 15 is 0 Å². The minimum absolute atomic E-state index is 0.00769. The first-order chi connectivity index (χ1) is 25.3. The van der Waals surface area contributed by atoms with Crippen LogP contribution in [-0.4, -0.2) is 82.8 Å². The number of cyclic esters (lactones) is 1. The van der Waals surface area contributed by atoms with Gasteiger partial charge in [0.15, 0.2) is 0 Å². The lowest BCUT2D eigenvalue weighted by Gasteiger charge is -2.36. The molecule has 13 heteroatoms. The number of carbonyl (C=O) groups excluding carboxylic acids is 3. The standard InChI is InChI=1S/C40H53N7O5S/c1-9-46-32-15-14-25-18-27(32)28(36(46)26-12-10-16-42-35(26)24(4)51-8)20-40(5,6)22-52-39(50)29-13-11-17-47(45-29)38(49)30(19-33-43-31(25)21-53-33)44-37(48)34(41-7)23(2)3/h10,12,14-16,18,21,23-24,29-30,34,41,45H,9,11,13,17,19-20,22H2,1-8H3,(H,44,48)/t24-,29-,30-,34-/m0/s1. The van der Waals surface area contributed by atoms with Crippen LogP contribution in [0.25, 0.3) is 33.4 Å². The molecule has 284 valence electrons. The lowest BCUT2D eigenvalue weighted by Crippen LogP contribution is -2.61. The molecule has 0 saturated carbocycles. The maximum Gasteiger partial charge on any atom is 0.324 e. The Labute approximate surface area is 316 Å². The highest BCUT2D eigenvalue weighted by Gasteiger charge is 2.36. The van der Waals surface area contributed by atoms with Crippen LogP contribution in [0.3, 0.4) is 0 Å². The summed E-state index contributed by atoms with van der Waals surface area (Å²) >= 11 is 1.47. The highest BCUT2D eigenvalue weighted by Crippen LogP contribution is 2.42. The van der Waals surface area contributed by atoms with E-state index < -0.39 is 29.5 Å². The highest BCUT2D eigenvalue weighted by atomic mass is 32.1. The predicted molar refractivity (Wildman–Crippen MR) is 207 cm³/mol. The second-order valence-electron chi connectivity index (χ2n) is 15.3. The number of rotatable bonds is 8. The molecule has 12 nitrogen and oxygen atoms in total. The van der Waals surface area contributed by atoms with Crippen molar-refractivity contribution >= 4 is 40.0 Å². The molecule has 2 aliphatic rings. The molecular weight excluding hydrogens is 691 g/mol. The molecule has 2 aliphatic heterocycles. The van der Waals surface area contributed by atoms with Crippen LogP contribution in [0.15, 0.2) is 41.9 Å². The lowest BCUT2D eigenvalue weighted by molar-refractivity contribution is -0.155. The second-order valence-corrected chi connectivity index (χ2v) is 16.2. The van der Waals surface area contributed by atoms with E-state index in [0.717, 1.165) is 56.2 Å². The van der Waals surface area contributed by atoms with Crippen LogP contribution < -0.4 is 16.1 Å². The third-order valence-electron chi connectivity index (χ3n) is 10.4. The largest absolute Gasteiger partial charge is 0.464 e. The van der Waals surface area contributed by atoms with E-state index in [1.165, 1.54) is 16.3 Å². The van der Waals surface area contributed by atoms with Gasteiger partial charge in [-0.05, 0) is 75.9 Å². The van der Waals surface area contributed by atoms with E-state index in [0.29, 0.717) is 25.8 Å². The molecule has 1 fully saturated rings. The van der Waals surface area contributed by atoms with Gasteiger partial charge in [-0.25, -0.2) is 10.4 Å². The number of carbonyl (C=O) groups is 3. The van der Waals surface area contributed by atoms with E-state index in [4.69, 9.17) is 19.4 Å². The van der Waals surface area contributed by atoms with E-state index in [1.807, 2.05) is 32.2 Å². The Kier molecular flexibility index (Phi) is 11.7. The highest BCUT2D eigenvalue weighted by molar-refractivity contribution is 7.10. The topological polar surface area (TPSA) is 140 Å². The van der Waals surface area contributed by atoms with Gasteiger partial charge in [0.2, 0.25) is 5.91 Å². The summed E-state index contributed by atoms with van der Waals surface area (Å²) in [7, 11) is 3.43. The minimum atomic E-state index is -0.894. The minimum Gasteiger partial charge on any atom is -0.464 e. The van der Waals surface area contributed by atoms with Gasteiger partial charge in [0.1, 0.15) is 12.1 Å². The van der Waals surface area contributed by atoms with Gasteiger partial charge in [0.05, 0.1) is 40.8 Å². The van der Waals surface area contributed by atoms with Gasteiger partial charge in [-0.1, -0.05) is 33.8 Å². The van der Waals surface area contributed by atoms with E-state index in [-0.39, 0.29) is 36.9 Å². The van der Waals surface area contributed by atoms with Crippen LogP contribution in [0.5, 0.6) is 0 Å². The van der Waals surface area contributed by atoms with Crippen LogP contribution in [0.2, 0.25) is 0 Å². The number of nitrogens with one attached hydrogen (secondary N) is 3. The average Bonchev–Trinajstić information content (AvgIpc) is 3.74. The number of methoxy groups -OCH3 is 1. The second kappa shape index (κ2) is 16.1. The molecule has 6 rings (SSSR count). The maximum absolute atomic E-state index is 14.1.